The Morgan fingerprint density at radius 2 is 1.85 bits per heavy atom. The maximum absolute atomic E-state index is 11.1. The van der Waals surface area contributed by atoms with Crippen LogP contribution in [0.25, 0.3) is 4.98 Å². The lowest BCUT2D eigenvalue weighted by molar-refractivity contribution is 0.416. The molecule has 0 aromatic carbocycles. The van der Waals surface area contributed by atoms with Gasteiger partial charge in [-0.25, -0.2) is 4.79 Å². The predicted octanol–water partition coefficient (Wildman–Crippen LogP) is -0.726. The Hall–Kier alpha value is -2.10. The summed E-state index contributed by atoms with van der Waals surface area (Å²) in [6, 6.07) is 0. The Labute approximate surface area is 72.1 Å². The first-order chi connectivity index (χ1) is 6.00. The lowest BCUT2D eigenvalue weighted by Gasteiger charge is -1.99. The van der Waals surface area contributed by atoms with Gasteiger partial charge in [-0.3, -0.25) is 13.9 Å². The lowest BCUT2D eigenvalue weighted by Crippen LogP contribution is -2.36. The van der Waals surface area contributed by atoms with E-state index < -0.39 is 22.8 Å². The van der Waals surface area contributed by atoms with Crippen molar-refractivity contribution in [2.24, 2.45) is 14.1 Å². The second-order valence-corrected chi connectivity index (χ2v) is 2.48. The molecule has 0 atom stereocenters. The Bertz CT molecular complexity index is 504. The van der Waals surface area contributed by atoms with Crippen LogP contribution in [-0.2, 0) is 14.1 Å². The predicted molar refractivity (Wildman–Crippen MR) is 43.3 cm³/mol. The van der Waals surface area contributed by atoms with Crippen LogP contribution in [0.3, 0.4) is 0 Å². The van der Waals surface area contributed by atoms with E-state index in [9.17, 15) is 14.7 Å². The zero-order chi connectivity index (χ0) is 10.2. The average Bonchev–Trinajstić information content (AvgIpc) is 2.13. The van der Waals surface area contributed by atoms with Crippen LogP contribution in [0.4, 0.5) is 5.69 Å². The summed E-state index contributed by atoms with van der Waals surface area (Å²) in [5, 5.41) is 17.6. The van der Waals surface area contributed by atoms with Crippen LogP contribution in [0.15, 0.2) is 9.59 Å². The molecule has 68 valence electrons. The SMILES string of the molecule is Cn1c(O)c([N+]#N)c(=O)n(C)c1=O. The quantitative estimate of drug-likeness (QED) is 0.537. The monoisotopic (exact) mass is 183 g/mol. The third kappa shape index (κ3) is 1.08. The molecule has 0 saturated heterocycles. The fourth-order valence-corrected chi connectivity index (χ4v) is 0.903. The smallest absolute Gasteiger partial charge is 0.488 e. The van der Waals surface area contributed by atoms with Gasteiger partial charge >= 0.3 is 22.8 Å². The van der Waals surface area contributed by atoms with Crippen molar-refractivity contribution < 1.29 is 5.11 Å². The summed E-state index contributed by atoms with van der Waals surface area (Å²) in [5.74, 6) is -0.657. The van der Waals surface area contributed by atoms with Gasteiger partial charge in [0.15, 0.2) is 4.98 Å². The molecule has 7 heteroatoms. The molecule has 0 aliphatic carbocycles. The van der Waals surface area contributed by atoms with E-state index in [4.69, 9.17) is 5.39 Å². The maximum Gasteiger partial charge on any atom is 0.508 e. The van der Waals surface area contributed by atoms with Gasteiger partial charge in [0.05, 0.1) is 0 Å². The molecular weight excluding hydrogens is 176 g/mol. The molecule has 7 nitrogen and oxygen atoms in total. The van der Waals surface area contributed by atoms with Crippen molar-refractivity contribution in [1.29, 1.82) is 5.39 Å². The van der Waals surface area contributed by atoms with Gasteiger partial charge in [-0.1, -0.05) is 0 Å². The summed E-state index contributed by atoms with van der Waals surface area (Å²) in [4.78, 5) is 24.8. The molecule has 0 aliphatic rings. The molecule has 0 aliphatic heterocycles. The normalized spacial score (nSPS) is 9.62. The van der Waals surface area contributed by atoms with Crippen LogP contribution < -0.4 is 11.2 Å². The summed E-state index contributed by atoms with van der Waals surface area (Å²) in [6.45, 7) is 0. The first-order valence-electron chi connectivity index (χ1n) is 3.34. The number of aromatic nitrogens is 2. The molecular formula is C6H7N4O3+. The van der Waals surface area contributed by atoms with E-state index >= 15 is 0 Å². The highest BCUT2D eigenvalue weighted by Crippen LogP contribution is 2.17. The maximum atomic E-state index is 11.1. The summed E-state index contributed by atoms with van der Waals surface area (Å²) in [7, 11) is 2.48. The Morgan fingerprint density at radius 3 is 2.31 bits per heavy atom. The number of rotatable bonds is 0. The zero-order valence-electron chi connectivity index (χ0n) is 7.05. The minimum atomic E-state index is -0.844. The number of aromatic hydroxyl groups is 1. The van der Waals surface area contributed by atoms with Crippen molar-refractivity contribution in [2.75, 3.05) is 0 Å². The molecule has 0 spiro atoms. The van der Waals surface area contributed by atoms with E-state index in [-0.39, 0.29) is 0 Å². The Morgan fingerprint density at radius 1 is 1.31 bits per heavy atom. The Kier molecular flexibility index (Phi) is 1.90. The van der Waals surface area contributed by atoms with Gasteiger partial charge in [-0.05, 0) is 0 Å². The molecule has 0 bridgehead atoms. The van der Waals surface area contributed by atoms with Crippen LogP contribution in [-0.4, -0.2) is 14.2 Å². The van der Waals surface area contributed by atoms with Gasteiger partial charge in [0.1, 0.15) is 0 Å². The minimum absolute atomic E-state index is 0.551. The molecule has 0 unspecified atom stereocenters. The summed E-state index contributed by atoms with van der Waals surface area (Å²) < 4.78 is 1.53. The molecule has 1 heterocycles. The average molecular weight is 183 g/mol. The van der Waals surface area contributed by atoms with E-state index in [1.165, 1.54) is 14.1 Å². The van der Waals surface area contributed by atoms with Crippen molar-refractivity contribution in [3.63, 3.8) is 0 Å². The van der Waals surface area contributed by atoms with Crippen molar-refractivity contribution in [1.82, 2.24) is 9.13 Å². The fourth-order valence-electron chi connectivity index (χ4n) is 0.903. The molecule has 0 fully saturated rings. The number of diazo groups is 1. The van der Waals surface area contributed by atoms with Crippen LogP contribution in [0, 0.1) is 5.39 Å². The summed E-state index contributed by atoms with van der Waals surface area (Å²) in [6.07, 6.45) is 0. The molecule has 0 amide bonds. The van der Waals surface area contributed by atoms with E-state index in [1.807, 2.05) is 0 Å². The summed E-state index contributed by atoms with van der Waals surface area (Å²) >= 11 is 0. The topological polar surface area (TPSA) is 92.4 Å². The van der Waals surface area contributed by atoms with E-state index in [2.05, 4.69) is 4.98 Å². The highest BCUT2D eigenvalue weighted by molar-refractivity contribution is 5.50. The van der Waals surface area contributed by atoms with E-state index in [0.717, 1.165) is 9.13 Å². The van der Waals surface area contributed by atoms with Crippen LogP contribution in [0.2, 0.25) is 0 Å². The van der Waals surface area contributed by atoms with Gasteiger partial charge in [0.2, 0.25) is 5.39 Å². The first kappa shape index (κ1) is 8.99. The summed E-state index contributed by atoms with van der Waals surface area (Å²) in [5.41, 5.74) is -2.08. The van der Waals surface area contributed by atoms with Gasteiger partial charge in [0.25, 0.3) is 0 Å². The van der Waals surface area contributed by atoms with Crippen LogP contribution >= 0.6 is 0 Å². The third-order valence-electron chi connectivity index (χ3n) is 1.71. The molecule has 1 N–H and O–H groups in total. The molecule has 0 saturated carbocycles. The molecule has 13 heavy (non-hydrogen) atoms. The fraction of sp³-hybridized carbons (Fsp3) is 0.333. The number of hydrogen-bond acceptors (Lipinski definition) is 4. The minimum Gasteiger partial charge on any atom is -0.488 e. The van der Waals surface area contributed by atoms with E-state index in [0.29, 0.717) is 0 Å². The highest BCUT2D eigenvalue weighted by atomic mass is 16.3. The van der Waals surface area contributed by atoms with Gasteiger partial charge in [-0.15, -0.1) is 0 Å². The number of nitrogens with zero attached hydrogens (tertiary/aromatic N) is 4. The highest BCUT2D eigenvalue weighted by Gasteiger charge is 2.25. The molecule has 1 rings (SSSR count). The second-order valence-electron chi connectivity index (χ2n) is 2.48. The zero-order valence-corrected chi connectivity index (χ0v) is 7.05. The van der Waals surface area contributed by atoms with E-state index in [1.54, 1.807) is 0 Å². The first-order valence-corrected chi connectivity index (χ1v) is 3.34. The second kappa shape index (κ2) is 2.75. The number of hydrogen-bond donors (Lipinski definition) is 1. The largest absolute Gasteiger partial charge is 0.508 e. The molecule has 1 aromatic rings. The van der Waals surface area contributed by atoms with Crippen molar-refractivity contribution in [3.8, 4) is 5.88 Å². The van der Waals surface area contributed by atoms with Gasteiger partial charge < -0.3 is 5.11 Å². The molecule has 1 aromatic heterocycles. The lowest BCUT2D eigenvalue weighted by atomic mass is 10.5. The van der Waals surface area contributed by atoms with Crippen LogP contribution in [0.5, 0.6) is 5.88 Å². The van der Waals surface area contributed by atoms with Crippen molar-refractivity contribution in [3.05, 3.63) is 25.8 Å². The molecule has 0 radical (unpaired) electrons. The van der Waals surface area contributed by atoms with Gasteiger partial charge in [-0.2, -0.15) is 0 Å². The van der Waals surface area contributed by atoms with Crippen molar-refractivity contribution >= 4 is 5.69 Å². The van der Waals surface area contributed by atoms with Gasteiger partial charge in [0, 0.05) is 14.1 Å². The van der Waals surface area contributed by atoms with Crippen LogP contribution in [0.1, 0.15) is 0 Å². The standard InChI is InChI=1S/C6H6N4O3/c1-9-4(11)3(8-7)5(12)10(2)6(9)13/h1-2H3/p+1. The third-order valence-corrected chi connectivity index (χ3v) is 1.71. The van der Waals surface area contributed by atoms with Crippen molar-refractivity contribution in [2.45, 2.75) is 0 Å². The Balaban J connectivity index is 3.92.